The van der Waals surface area contributed by atoms with E-state index < -0.39 is 10.0 Å². The van der Waals surface area contributed by atoms with E-state index in [9.17, 15) is 13.2 Å². The van der Waals surface area contributed by atoms with Crippen LogP contribution in [0.25, 0.3) is 0 Å². The van der Waals surface area contributed by atoms with Crippen molar-refractivity contribution < 1.29 is 17.9 Å². The van der Waals surface area contributed by atoms with E-state index in [2.05, 4.69) is 10.0 Å². The standard InChI is InChI=1S/C18H18Cl2N2O4S/c19-12-3-6-15(7-4-12)27(24,25)22-13-5-8-16(17(20)10-13)18(23)21-11-14-2-1-9-26-14/h3-8,10,14,22H,1-2,9,11H2,(H,21,23). The molecule has 1 unspecified atom stereocenters. The Balaban J connectivity index is 1.68. The third-order valence-corrected chi connectivity index (χ3v) is 6.07. The van der Waals surface area contributed by atoms with E-state index in [0.717, 1.165) is 12.8 Å². The summed E-state index contributed by atoms with van der Waals surface area (Å²) >= 11 is 11.9. The van der Waals surface area contributed by atoms with Crippen LogP contribution in [-0.2, 0) is 14.8 Å². The summed E-state index contributed by atoms with van der Waals surface area (Å²) in [4.78, 5) is 12.3. The molecule has 1 heterocycles. The van der Waals surface area contributed by atoms with E-state index in [1.807, 2.05) is 0 Å². The number of ether oxygens (including phenoxy) is 1. The average Bonchev–Trinajstić information content (AvgIpc) is 3.13. The minimum Gasteiger partial charge on any atom is -0.376 e. The minimum absolute atomic E-state index is 0.0261. The van der Waals surface area contributed by atoms with Crippen molar-refractivity contribution in [2.24, 2.45) is 0 Å². The van der Waals surface area contributed by atoms with E-state index >= 15 is 0 Å². The maximum absolute atomic E-state index is 12.4. The topological polar surface area (TPSA) is 84.5 Å². The van der Waals surface area contributed by atoms with Gasteiger partial charge in [0.25, 0.3) is 15.9 Å². The van der Waals surface area contributed by atoms with Gasteiger partial charge < -0.3 is 10.1 Å². The molecule has 0 spiro atoms. The molecule has 0 saturated carbocycles. The van der Waals surface area contributed by atoms with Gasteiger partial charge in [0.2, 0.25) is 0 Å². The number of hydrogen-bond donors (Lipinski definition) is 2. The van der Waals surface area contributed by atoms with Gasteiger partial charge in [0.15, 0.2) is 0 Å². The third kappa shape index (κ3) is 5.13. The lowest BCUT2D eigenvalue weighted by Gasteiger charge is -2.13. The number of carbonyl (C=O) groups excluding carboxylic acids is 1. The Hall–Kier alpha value is -1.80. The van der Waals surface area contributed by atoms with Gasteiger partial charge in [-0.15, -0.1) is 0 Å². The number of rotatable bonds is 6. The number of carbonyl (C=O) groups is 1. The smallest absolute Gasteiger partial charge is 0.261 e. The van der Waals surface area contributed by atoms with Crippen molar-refractivity contribution in [3.63, 3.8) is 0 Å². The monoisotopic (exact) mass is 428 g/mol. The Labute approximate surface area is 167 Å². The van der Waals surface area contributed by atoms with E-state index in [0.29, 0.717) is 18.2 Å². The van der Waals surface area contributed by atoms with Gasteiger partial charge in [-0.05, 0) is 55.3 Å². The fraction of sp³-hybridized carbons (Fsp3) is 0.278. The second-order valence-electron chi connectivity index (χ2n) is 6.10. The fourth-order valence-electron chi connectivity index (χ4n) is 2.70. The summed E-state index contributed by atoms with van der Waals surface area (Å²) in [5, 5.41) is 3.37. The van der Waals surface area contributed by atoms with Gasteiger partial charge in [0.05, 0.1) is 27.3 Å². The highest BCUT2D eigenvalue weighted by atomic mass is 35.5. The molecule has 1 aliphatic heterocycles. The average molecular weight is 429 g/mol. The Kier molecular flexibility index (Phi) is 6.26. The molecule has 2 aromatic rings. The molecule has 1 fully saturated rings. The molecule has 1 saturated heterocycles. The van der Waals surface area contributed by atoms with Crippen molar-refractivity contribution in [1.82, 2.24) is 5.32 Å². The number of nitrogens with one attached hydrogen (secondary N) is 2. The number of benzene rings is 2. The zero-order valence-electron chi connectivity index (χ0n) is 14.2. The van der Waals surface area contributed by atoms with E-state index in [1.165, 1.54) is 42.5 Å². The van der Waals surface area contributed by atoms with Crippen LogP contribution < -0.4 is 10.0 Å². The summed E-state index contributed by atoms with van der Waals surface area (Å²) in [7, 11) is -3.79. The third-order valence-electron chi connectivity index (χ3n) is 4.10. The molecule has 1 amide bonds. The summed E-state index contributed by atoms with van der Waals surface area (Å²) in [6.45, 7) is 1.13. The molecule has 0 radical (unpaired) electrons. The van der Waals surface area contributed by atoms with Crippen LogP contribution in [0.1, 0.15) is 23.2 Å². The highest BCUT2D eigenvalue weighted by molar-refractivity contribution is 7.92. The van der Waals surface area contributed by atoms with Crippen LogP contribution in [0.4, 0.5) is 5.69 Å². The second-order valence-corrected chi connectivity index (χ2v) is 8.63. The molecule has 1 aliphatic rings. The van der Waals surface area contributed by atoms with Crippen LogP contribution >= 0.6 is 23.2 Å². The van der Waals surface area contributed by atoms with E-state index in [-0.39, 0.29) is 33.2 Å². The number of anilines is 1. The number of halogens is 2. The van der Waals surface area contributed by atoms with Crippen LogP contribution in [0.15, 0.2) is 47.4 Å². The lowest BCUT2D eigenvalue weighted by Crippen LogP contribution is -2.31. The summed E-state index contributed by atoms with van der Waals surface area (Å²) < 4.78 is 32.7. The van der Waals surface area contributed by atoms with Crippen molar-refractivity contribution >= 4 is 44.8 Å². The summed E-state index contributed by atoms with van der Waals surface area (Å²) in [6, 6.07) is 10.1. The number of sulfonamides is 1. The quantitative estimate of drug-likeness (QED) is 0.734. The molecule has 6 nitrogen and oxygen atoms in total. The molecule has 2 N–H and O–H groups in total. The summed E-state index contributed by atoms with van der Waals surface area (Å²) in [5.74, 6) is -0.331. The second kappa shape index (κ2) is 8.48. The van der Waals surface area contributed by atoms with Gasteiger partial charge in [-0.3, -0.25) is 9.52 Å². The van der Waals surface area contributed by atoms with Crippen molar-refractivity contribution in [3.8, 4) is 0 Å². The van der Waals surface area contributed by atoms with Crippen LogP contribution in [0, 0.1) is 0 Å². The van der Waals surface area contributed by atoms with Crippen LogP contribution in [-0.4, -0.2) is 33.6 Å². The van der Waals surface area contributed by atoms with Crippen molar-refractivity contribution in [1.29, 1.82) is 0 Å². The van der Waals surface area contributed by atoms with Crippen molar-refractivity contribution in [2.45, 2.75) is 23.8 Å². The van der Waals surface area contributed by atoms with Gasteiger partial charge in [-0.2, -0.15) is 0 Å². The molecule has 2 aromatic carbocycles. The number of amides is 1. The minimum atomic E-state index is -3.79. The van der Waals surface area contributed by atoms with E-state index in [4.69, 9.17) is 27.9 Å². The first-order valence-electron chi connectivity index (χ1n) is 8.33. The highest BCUT2D eigenvalue weighted by Gasteiger charge is 2.19. The van der Waals surface area contributed by atoms with E-state index in [1.54, 1.807) is 0 Å². The Morgan fingerprint density at radius 3 is 2.52 bits per heavy atom. The molecule has 0 aliphatic carbocycles. The predicted octanol–water partition coefficient (Wildman–Crippen LogP) is 3.70. The van der Waals surface area contributed by atoms with Gasteiger partial charge in [-0.25, -0.2) is 8.42 Å². The summed E-state index contributed by atoms with van der Waals surface area (Å²) in [6.07, 6.45) is 1.93. The Morgan fingerprint density at radius 1 is 1.15 bits per heavy atom. The molecule has 0 aromatic heterocycles. The van der Waals surface area contributed by atoms with Crippen molar-refractivity contribution in [2.75, 3.05) is 17.9 Å². The SMILES string of the molecule is O=C(NCC1CCCO1)c1ccc(NS(=O)(=O)c2ccc(Cl)cc2)cc1Cl. The lowest BCUT2D eigenvalue weighted by atomic mass is 10.2. The molecule has 27 heavy (non-hydrogen) atoms. The first-order valence-corrected chi connectivity index (χ1v) is 10.6. The fourth-order valence-corrected chi connectivity index (χ4v) is 4.14. The highest BCUT2D eigenvalue weighted by Crippen LogP contribution is 2.24. The maximum Gasteiger partial charge on any atom is 0.261 e. The molecular weight excluding hydrogens is 411 g/mol. The first kappa shape index (κ1) is 19.9. The Bertz CT molecular complexity index is 927. The molecule has 0 bridgehead atoms. The zero-order chi connectivity index (χ0) is 19.4. The van der Waals surface area contributed by atoms with Crippen LogP contribution in [0.2, 0.25) is 10.0 Å². The van der Waals surface area contributed by atoms with Crippen LogP contribution in [0.3, 0.4) is 0 Å². The van der Waals surface area contributed by atoms with Gasteiger partial charge in [0, 0.05) is 18.2 Å². The Morgan fingerprint density at radius 2 is 1.89 bits per heavy atom. The normalized spacial score (nSPS) is 16.9. The predicted molar refractivity (Wildman–Crippen MR) is 105 cm³/mol. The van der Waals surface area contributed by atoms with Crippen LogP contribution in [0.5, 0.6) is 0 Å². The maximum atomic E-state index is 12.4. The zero-order valence-corrected chi connectivity index (χ0v) is 16.6. The molecule has 1 atom stereocenters. The van der Waals surface area contributed by atoms with Gasteiger partial charge in [0.1, 0.15) is 0 Å². The molecular formula is C18H18Cl2N2O4S. The van der Waals surface area contributed by atoms with Crippen molar-refractivity contribution in [3.05, 3.63) is 58.1 Å². The molecule has 3 rings (SSSR count). The van der Waals surface area contributed by atoms with Gasteiger partial charge >= 0.3 is 0 Å². The van der Waals surface area contributed by atoms with Gasteiger partial charge in [-0.1, -0.05) is 23.2 Å². The summed E-state index contributed by atoms with van der Waals surface area (Å²) in [5.41, 5.74) is 0.523. The largest absolute Gasteiger partial charge is 0.376 e. The molecule has 9 heteroatoms. The first-order chi connectivity index (χ1) is 12.8. The lowest BCUT2D eigenvalue weighted by molar-refractivity contribution is 0.0858. The molecule has 144 valence electrons. The number of hydrogen-bond acceptors (Lipinski definition) is 4.